The number of rotatable bonds is 7. The second kappa shape index (κ2) is 7.28. The fraction of sp³-hybridized carbons (Fsp3) is 0.556. The van der Waals surface area contributed by atoms with Crippen molar-refractivity contribution in [1.29, 1.82) is 0 Å². The van der Waals surface area contributed by atoms with E-state index in [0.29, 0.717) is 0 Å². The Bertz CT molecular complexity index is 463. The molecule has 0 amide bonds. The van der Waals surface area contributed by atoms with E-state index < -0.39 is 8.32 Å². The minimum absolute atomic E-state index is 0.246. The fourth-order valence-electron chi connectivity index (χ4n) is 1.84. The van der Waals surface area contributed by atoms with Crippen LogP contribution in [-0.4, -0.2) is 21.0 Å². The number of benzene rings is 1. The third kappa shape index (κ3) is 5.33. The number of hydrogen-bond acceptors (Lipinski definition) is 2. The summed E-state index contributed by atoms with van der Waals surface area (Å²) in [6.45, 7) is 18.3. The highest BCUT2D eigenvalue weighted by Gasteiger charge is 2.36. The van der Waals surface area contributed by atoms with Gasteiger partial charge in [0.05, 0.1) is 0 Å². The Labute approximate surface area is 131 Å². The van der Waals surface area contributed by atoms with Crippen LogP contribution in [-0.2, 0) is 4.43 Å². The first-order valence-electron chi connectivity index (χ1n) is 7.76. The van der Waals surface area contributed by atoms with Crippen LogP contribution in [0.5, 0.6) is 0 Å². The quantitative estimate of drug-likeness (QED) is 0.540. The number of nitrogens with one attached hydrogen (secondary N) is 1. The van der Waals surface area contributed by atoms with E-state index in [1.54, 1.807) is 0 Å². The highest BCUT2D eigenvalue weighted by Crippen LogP contribution is 2.36. The standard InChI is InChI=1S/C18H31NOSi/c1-8-16(19-17-12-10-9-11-15(17)2)13-14-20-21(6,7)18(3,4)5/h8-12,16,19H,1,13-14H2,2-7H3. The molecule has 1 aromatic rings. The van der Waals surface area contributed by atoms with Gasteiger partial charge in [0.2, 0.25) is 0 Å². The Morgan fingerprint density at radius 1 is 1.29 bits per heavy atom. The van der Waals surface area contributed by atoms with Crippen molar-refractivity contribution < 1.29 is 4.43 Å². The van der Waals surface area contributed by atoms with Crippen molar-refractivity contribution in [1.82, 2.24) is 0 Å². The fourth-order valence-corrected chi connectivity index (χ4v) is 2.90. The summed E-state index contributed by atoms with van der Waals surface area (Å²) in [5, 5.41) is 3.80. The van der Waals surface area contributed by atoms with Gasteiger partial charge in [0.15, 0.2) is 8.32 Å². The Balaban J connectivity index is 2.53. The van der Waals surface area contributed by atoms with E-state index >= 15 is 0 Å². The van der Waals surface area contributed by atoms with Crippen molar-refractivity contribution in [3.8, 4) is 0 Å². The average molecular weight is 306 g/mol. The van der Waals surface area contributed by atoms with Crippen LogP contribution in [0, 0.1) is 6.92 Å². The molecule has 2 nitrogen and oxygen atoms in total. The number of aryl methyl sites for hydroxylation is 1. The van der Waals surface area contributed by atoms with Gasteiger partial charge in [0.25, 0.3) is 0 Å². The second-order valence-corrected chi connectivity index (χ2v) is 12.0. The van der Waals surface area contributed by atoms with E-state index in [1.165, 1.54) is 11.3 Å². The van der Waals surface area contributed by atoms with Crippen LogP contribution in [0.1, 0.15) is 32.8 Å². The maximum absolute atomic E-state index is 6.25. The molecule has 0 aliphatic rings. The Kier molecular flexibility index (Phi) is 6.23. The molecule has 1 aromatic carbocycles. The molecule has 0 spiro atoms. The lowest BCUT2D eigenvalue weighted by Crippen LogP contribution is -2.41. The van der Waals surface area contributed by atoms with E-state index in [1.807, 2.05) is 6.08 Å². The zero-order chi connectivity index (χ0) is 16.1. The van der Waals surface area contributed by atoms with Crippen molar-refractivity contribution >= 4 is 14.0 Å². The van der Waals surface area contributed by atoms with Gasteiger partial charge in [-0.1, -0.05) is 45.0 Å². The summed E-state index contributed by atoms with van der Waals surface area (Å²) >= 11 is 0. The molecule has 21 heavy (non-hydrogen) atoms. The van der Waals surface area contributed by atoms with Gasteiger partial charge < -0.3 is 9.74 Å². The highest BCUT2D eigenvalue weighted by molar-refractivity contribution is 6.74. The summed E-state index contributed by atoms with van der Waals surface area (Å²) in [7, 11) is -1.65. The summed E-state index contributed by atoms with van der Waals surface area (Å²) in [5.41, 5.74) is 2.43. The molecule has 0 saturated heterocycles. The first-order chi connectivity index (χ1) is 9.67. The van der Waals surface area contributed by atoms with Gasteiger partial charge in [0.1, 0.15) is 0 Å². The van der Waals surface area contributed by atoms with Crippen LogP contribution in [0.2, 0.25) is 18.1 Å². The van der Waals surface area contributed by atoms with E-state index in [2.05, 4.69) is 77.0 Å². The lowest BCUT2D eigenvalue weighted by Gasteiger charge is -2.36. The predicted molar refractivity (Wildman–Crippen MR) is 96.6 cm³/mol. The molecule has 1 atom stereocenters. The highest BCUT2D eigenvalue weighted by atomic mass is 28.4. The van der Waals surface area contributed by atoms with Gasteiger partial charge in [-0.15, -0.1) is 6.58 Å². The molecule has 0 aliphatic carbocycles. The molecule has 1 unspecified atom stereocenters. The van der Waals surface area contributed by atoms with Crippen LogP contribution < -0.4 is 5.32 Å². The molecule has 0 fully saturated rings. The van der Waals surface area contributed by atoms with E-state index in [0.717, 1.165) is 13.0 Å². The molecular weight excluding hydrogens is 274 g/mol. The largest absolute Gasteiger partial charge is 0.417 e. The second-order valence-electron chi connectivity index (χ2n) is 7.20. The summed E-state index contributed by atoms with van der Waals surface area (Å²) in [4.78, 5) is 0. The summed E-state index contributed by atoms with van der Waals surface area (Å²) in [5.74, 6) is 0. The molecule has 118 valence electrons. The lowest BCUT2D eigenvalue weighted by molar-refractivity contribution is 0.280. The lowest BCUT2D eigenvalue weighted by atomic mass is 10.1. The van der Waals surface area contributed by atoms with Gasteiger partial charge in [-0.05, 0) is 43.1 Å². The number of hydrogen-bond donors (Lipinski definition) is 1. The van der Waals surface area contributed by atoms with Gasteiger partial charge in [-0.3, -0.25) is 0 Å². The van der Waals surface area contributed by atoms with Crippen LogP contribution in [0.4, 0.5) is 5.69 Å². The molecule has 0 aromatic heterocycles. The monoisotopic (exact) mass is 305 g/mol. The maximum Gasteiger partial charge on any atom is 0.191 e. The zero-order valence-corrected chi connectivity index (χ0v) is 15.5. The summed E-state index contributed by atoms with van der Waals surface area (Å²) in [6, 6.07) is 8.59. The van der Waals surface area contributed by atoms with E-state index in [9.17, 15) is 0 Å². The molecule has 0 saturated carbocycles. The third-order valence-electron chi connectivity index (χ3n) is 4.47. The molecule has 1 N–H and O–H groups in total. The van der Waals surface area contributed by atoms with Crippen molar-refractivity contribution in [3.05, 3.63) is 42.5 Å². The molecule has 3 heteroatoms. The van der Waals surface area contributed by atoms with Crippen LogP contribution in [0.25, 0.3) is 0 Å². The van der Waals surface area contributed by atoms with Gasteiger partial charge >= 0.3 is 0 Å². The van der Waals surface area contributed by atoms with Crippen molar-refractivity contribution in [2.75, 3.05) is 11.9 Å². The first kappa shape index (κ1) is 18.0. The van der Waals surface area contributed by atoms with Crippen molar-refractivity contribution in [2.45, 2.75) is 58.3 Å². The van der Waals surface area contributed by atoms with Gasteiger partial charge in [-0.25, -0.2) is 0 Å². The smallest absolute Gasteiger partial charge is 0.191 e. The molecule has 0 radical (unpaired) electrons. The minimum atomic E-state index is -1.65. The topological polar surface area (TPSA) is 21.3 Å². The Morgan fingerprint density at radius 3 is 2.43 bits per heavy atom. The number of anilines is 1. The van der Waals surface area contributed by atoms with Crippen LogP contribution >= 0.6 is 0 Å². The normalized spacial score (nSPS) is 13.8. The predicted octanol–water partition coefficient (Wildman–Crippen LogP) is 5.37. The molecular formula is C18H31NOSi. The van der Waals surface area contributed by atoms with Crippen LogP contribution in [0.3, 0.4) is 0 Å². The molecule has 0 heterocycles. The van der Waals surface area contributed by atoms with E-state index in [4.69, 9.17) is 4.43 Å². The first-order valence-corrected chi connectivity index (χ1v) is 10.7. The summed E-state index contributed by atoms with van der Waals surface area (Å²) in [6.07, 6.45) is 2.92. The Morgan fingerprint density at radius 2 is 1.90 bits per heavy atom. The van der Waals surface area contributed by atoms with Crippen molar-refractivity contribution in [3.63, 3.8) is 0 Å². The average Bonchev–Trinajstić information content (AvgIpc) is 2.38. The van der Waals surface area contributed by atoms with Crippen molar-refractivity contribution in [2.24, 2.45) is 0 Å². The minimum Gasteiger partial charge on any atom is -0.417 e. The molecule has 1 rings (SSSR count). The van der Waals surface area contributed by atoms with E-state index in [-0.39, 0.29) is 11.1 Å². The third-order valence-corrected chi connectivity index (χ3v) is 9.01. The SMILES string of the molecule is C=CC(CCO[Si](C)(C)C(C)(C)C)Nc1ccccc1C. The summed E-state index contributed by atoms with van der Waals surface area (Å²) < 4.78 is 6.25. The maximum atomic E-state index is 6.25. The van der Waals surface area contributed by atoms with Gasteiger partial charge in [-0.2, -0.15) is 0 Å². The Hall–Kier alpha value is -1.06. The van der Waals surface area contributed by atoms with Gasteiger partial charge in [0, 0.05) is 18.3 Å². The van der Waals surface area contributed by atoms with Crippen LogP contribution in [0.15, 0.2) is 36.9 Å². The zero-order valence-electron chi connectivity index (χ0n) is 14.5. The number of para-hydroxylation sites is 1. The molecule has 0 bridgehead atoms. The molecule has 0 aliphatic heterocycles.